The zero-order valence-corrected chi connectivity index (χ0v) is 11.1. The minimum Gasteiger partial charge on any atom is -0.368 e. The smallest absolute Gasteiger partial charge is 0.231 e. The van der Waals surface area contributed by atoms with Crippen molar-refractivity contribution >= 4 is 17.8 Å². The molecule has 0 aliphatic carbocycles. The highest BCUT2D eigenvalue weighted by atomic mass is 15.3. The molecule has 0 atom stereocenters. The van der Waals surface area contributed by atoms with E-state index in [1.165, 1.54) is 0 Å². The lowest BCUT2D eigenvalue weighted by molar-refractivity contribution is 0.591. The van der Waals surface area contributed by atoms with Crippen LogP contribution in [0.3, 0.4) is 0 Å². The Bertz CT molecular complexity index is 507. The van der Waals surface area contributed by atoms with E-state index < -0.39 is 0 Å². The van der Waals surface area contributed by atoms with E-state index in [1.54, 1.807) is 11.1 Å². The van der Waals surface area contributed by atoms with Crippen LogP contribution in [0.15, 0.2) is 18.5 Å². The fourth-order valence-electron chi connectivity index (χ4n) is 1.53. The Morgan fingerprint density at radius 3 is 2.84 bits per heavy atom. The molecule has 2 aromatic heterocycles. The molecule has 0 saturated heterocycles. The number of nitrogen functional groups attached to an aromatic ring is 1. The molecule has 0 saturated carbocycles. The van der Waals surface area contributed by atoms with Gasteiger partial charge in [-0.1, -0.05) is 0 Å². The molecule has 0 aromatic carbocycles. The van der Waals surface area contributed by atoms with Gasteiger partial charge in [0.05, 0.1) is 0 Å². The van der Waals surface area contributed by atoms with E-state index in [9.17, 15) is 0 Å². The third kappa shape index (κ3) is 3.80. The molecule has 3 N–H and O–H groups in total. The predicted molar refractivity (Wildman–Crippen MR) is 73.9 cm³/mol. The van der Waals surface area contributed by atoms with E-state index in [4.69, 9.17) is 5.73 Å². The van der Waals surface area contributed by atoms with Crippen molar-refractivity contribution in [2.75, 3.05) is 36.6 Å². The average Bonchev–Trinajstić information content (AvgIpc) is 2.87. The zero-order valence-electron chi connectivity index (χ0n) is 11.1. The second-order valence-electron chi connectivity index (χ2n) is 4.26. The topological polar surface area (TPSA) is 97.8 Å². The Morgan fingerprint density at radius 2 is 2.16 bits per heavy atom. The van der Waals surface area contributed by atoms with Crippen LogP contribution in [0.4, 0.5) is 17.8 Å². The summed E-state index contributed by atoms with van der Waals surface area (Å²) in [4.78, 5) is 14.1. The molecular formula is C11H18N8. The summed E-state index contributed by atoms with van der Waals surface area (Å²) in [6, 6.07) is 1.91. The molecule has 0 amide bonds. The van der Waals surface area contributed by atoms with E-state index in [2.05, 4.69) is 25.4 Å². The normalized spacial score (nSPS) is 10.4. The van der Waals surface area contributed by atoms with Crippen LogP contribution in [0, 0.1) is 0 Å². The van der Waals surface area contributed by atoms with Gasteiger partial charge in [0.15, 0.2) is 0 Å². The van der Waals surface area contributed by atoms with Crippen LogP contribution < -0.4 is 16.0 Å². The number of anilines is 3. The lowest BCUT2D eigenvalue weighted by Gasteiger charge is -2.12. The van der Waals surface area contributed by atoms with Crippen molar-refractivity contribution in [3.05, 3.63) is 18.5 Å². The quantitative estimate of drug-likeness (QED) is 0.718. The maximum absolute atomic E-state index is 5.64. The SMILES string of the molecule is CN(C)c1nc(N)nc(NCCCn2cccn2)n1. The van der Waals surface area contributed by atoms with E-state index in [0.717, 1.165) is 19.5 Å². The van der Waals surface area contributed by atoms with Crippen LogP contribution in [0.25, 0.3) is 0 Å². The Morgan fingerprint density at radius 1 is 1.32 bits per heavy atom. The van der Waals surface area contributed by atoms with Crippen LogP contribution in [0.5, 0.6) is 0 Å². The number of hydrogen-bond donors (Lipinski definition) is 2. The maximum atomic E-state index is 5.64. The number of nitrogens with one attached hydrogen (secondary N) is 1. The monoisotopic (exact) mass is 262 g/mol. The van der Waals surface area contributed by atoms with E-state index >= 15 is 0 Å². The minimum atomic E-state index is 0.216. The van der Waals surface area contributed by atoms with Crippen molar-refractivity contribution < 1.29 is 0 Å². The van der Waals surface area contributed by atoms with Crippen LogP contribution >= 0.6 is 0 Å². The van der Waals surface area contributed by atoms with Crippen LogP contribution in [-0.4, -0.2) is 45.4 Å². The van der Waals surface area contributed by atoms with Crippen molar-refractivity contribution in [1.29, 1.82) is 0 Å². The largest absolute Gasteiger partial charge is 0.368 e. The lowest BCUT2D eigenvalue weighted by Crippen LogP contribution is -2.17. The maximum Gasteiger partial charge on any atom is 0.231 e. The molecule has 0 radical (unpaired) electrons. The van der Waals surface area contributed by atoms with Gasteiger partial charge in [-0.3, -0.25) is 4.68 Å². The molecule has 0 aliphatic heterocycles. The van der Waals surface area contributed by atoms with Crippen LogP contribution in [0.2, 0.25) is 0 Å². The molecule has 0 unspecified atom stereocenters. The summed E-state index contributed by atoms with van der Waals surface area (Å²) in [6.45, 7) is 1.59. The Labute approximate surface area is 111 Å². The number of nitrogens with two attached hydrogens (primary N) is 1. The van der Waals surface area contributed by atoms with Gasteiger partial charge >= 0.3 is 0 Å². The Balaban J connectivity index is 1.85. The number of aryl methyl sites for hydroxylation is 1. The summed E-state index contributed by atoms with van der Waals surface area (Å²) in [5.41, 5.74) is 5.64. The second kappa shape index (κ2) is 5.98. The molecule has 0 spiro atoms. The summed E-state index contributed by atoms with van der Waals surface area (Å²) in [5.74, 6) is 1.26. The second-order valence-corrected chi connectivity index (χ2v) is 4.26. The summed E-state index contributed by atoms with van der Waals surface area (Å²) >= 11 is 0. The van der Waals surface area contributed by atoms with E-state index in [-0.39, 0.29) is 5.95 Å². The van der Waals surface area contributed by atoms with Gasteiger partial charge in [0.2, 0.25) is 17.8 Å². The first-order valence-corrected chi connectivity index (χ1v) is 6.05. The van der Waals surface area contributed by atoms with Gasteiger partial charge < -0.3 is 16.0 Å². The van der Waals surface area contributed by atoms with Gasteiger partial charge in [0.1, 0.15) is 0 Å². The molecule has 0 fully saturated rings. The summed E-state index contributed by atoms with van der Waals surface area (Å²) < 4.78 is 1.88. The van der Waals surface area contributed by atoms with Crippen molar-refractivity contribution in [2.24, 2.45) is 0 Å². The highest BCUT2D eigenvalue weighted by molar-refractivity contribution is 5.40. The number of hydrogen-bond acceptors (Lipinski definition) is 7. The molecule has 19 heavy (non-hydrogen) atoms. The summed E-state index contributed by atoms with van der Waals surface area (Å²) in [5, 5.41) is 7.27. The van der Waals surface area contributed by atoms with Gasteiger partial charge in [-0.05, 0) is 12.5 Å². The third-order valence-corrected chi connectivity index (χ3v) is 2.45. The fourth-order valence-corrected chi connectivity index (χ4v) is 1.53. The molecule has 8 nitrogen and oxygen atoms in total. The van der Waals surface area contributed by atoms with Crippen molar-refractivity contribution in [3.63, 3.8) is 0 Å². The van der Waals surface area contributed by atoms with Gasteiger partial charge in [-0.25, -0.2) is 0 Å². The van der Waals surface area contributed by atoms with Crippen LogP contribution in [-0.2, 0) is 6.54 Å². The molecule has 0 aliphatic rings. The molecule has 2 heterocycles. The molecule has 0 bridgehead atoms. The van der Waals surface area contributed by atoms with Gasteiger partial charge in [0, 0.05) is 39.6 Å². The lowest BCUT2D eigenvalue weighted by atomic mass is 10.4. The zero-order chi connectivity index (χ0) is 13.7. The first-order valence-electron chi connectivity index (χ1n) is 6.05. The third-order valence-electron chi connectivity index (χ3n) is 2.45. The van der Waals surface area contributed by atoms with Crippen molar-refractivity contribution in [3.8, 4) is 0 Å². The Kier molecular flexibility index (Phi) is 4.11. The molecule has 2 rings (SSSR count). The van der Waals surface area contributed by atoms with Crippen molar-refractivity contribution in [1.82, 2.24) is 24.7 Å². The molecular weight excluding hydrogens is 244 g/mol. The highest BCUT2D eigenvalue weighted by Gasteiger charge is 2.05. The first-order chi connectivity index (χ1) is 9.15. The molecule has 2 aromatic rings. The minimum absolute atomic E-state index is 0.216. The van der Waals surface area contributed by atoms with E-state index in [1.807, 2.05) is 31.0 Å². The average molecular weight is 262 g/mol. The summed E-state index contributed by atoms with van der Waals surface area (Å²) in [7, 11) is 3.71. The first kappa shape index (κ1) is 13.1. The van der Waals surface area contributed by atoms with Crippen LogP contribution in [0.1, 0.15) is 6.42 Å². The predicted octanol–water partition coefficient (Wildman–Crippen LogP) is 0.218. The standard InChI is InChI=1S/C11H18N8/c1-18(2)11-16-9(12)15-10(17-11)13-5-3-7-19-8-4-6-14-19/h4,6,8H,3,5,7H2,1-2H3,(H3,12,13,15,16,17). The van der Waals surface area contributed by atoms with E-state index in [0.29, 0.717) is 11.9 Å². The molecule has 8 heteroatoms. The van der Waals surface area contributed by atoms with Gasteiger partial charge in [0.25, 0.3) is 0 Å². The molecule has 102 valence electrons. The van der Waals surface area contributed by atoms with Gasteiger partial charge in [-0.15, -0.1) is 0 Å². The highest BCUT2D eigenvalue weighted by Crippen LogP contribution is 2.08. The van der Waals surface area contributed by atoms with Crippen molar-refractivity contribution in [2.45, 2.75) is 13.0 Å². The summed E-state index contributed by atoms with van der Waals surface area (Å²) in [6.07, 6.45) is 4.62. The Hall–Kier alpha value is -2.38. The number of nitrogens with zero attached hydrogens (tertiary/aromatic N) is 6. The number of aromatic nitrogens is 5. The fraction of sp³-hybridized carbons (Fsp3) is 0.455. The van der Waals surface area contributed by atoms with Gasteiger partial charge in [-0.2, -0.15) is 20.1 Å². The number of rotatable bonds is 6.